The van der Waals surface area contributed by atoms with E-state index in [4.69, 9.17) is 57.9 Å². The number of hydrogen-bond donors (Lipinski definition) is 1. The molecular weight excluding hydrogens is 919 g/mol. The fraction of sp³-hybridized carbons (Fsp3) is 0.447. The number of nitriles is 1. The Morgan fingerprint density at radius 3 is 0.833 bits per heavy atom. The van der Waals surface area contributed by atoms with Gasteiger partial charge in [0.2, 0.25) is 0 Å². The van der Waals surface area contributed by atoms with Gasteiger partial charge >= 0.3 is 33.0 Å². The van der Waals surface area contributed by atoms with Gasteiger partial charge in [0, 0.05) is 113 Å². The van der Waals surface area contributed by atoms with E-state index in [0.29, 0.717) is 0 Å². The van der Waals surface area contributed by atoms with Gasteiger partial charge in [-0.05, 0) is 74.5 Å². The minimum absolute atomic E-state index is 0. The summed E-state index contributed by atoms with van der Waals surface area (Å²) in [5.74, 6) is 0. The van der Waals surface area contributed by atoms with Crippen LogP contribution in [0.15, 0.2) is 97.6 Å². The Kier molecular flexibility index (Phi) is 50.4. The summed E-state index contributed by atoms with van der Waals surface area (Å²) in [5, 5.41) is 30.8. The van der Waals surface area contributed by atoms with E-state index >= 15 is 0 Å². The summed E-state index contributed by atoms with van der Waals surface area (Å²) in [4.78, 5) is 23.3. The molecule has 0 aromatic carbocycles. The number of aliphatic hydroxyl groups excluding tert-OH is 1. The second kappa shape index (κ2) is 45.7. The van der Waals surface area contributed by atoms with Gasteiger partial charge in [0.15, 0.2) is 0 Å². The van der Waals surface area contributed by atoms with Crippen LogP contribution in [0.2, 0.25) is 0 Å². The van der Waals surface area contributed by atoms with Crippen LogP contribution in [0.5, 0.6) is 0 Å². The quantitative estimate of drug-likeness (QED) is 0.0716. The Bertz CT molecular complexity index is 1270. The summed E-state index contributed by atoms with van der Waals surface area (Å²) >= 11 is 0. The van der Waals surface area contributed by atoms with E-state index in [1.54, 1.807) is 6.07 Å². The maximum atomic E-state index is 8.49. The molecule has 340 valence electrons. The summed E-state index contributed by atoms with van der Waals surface area (Å²) in [6, 6.07) is 26.5. The molecule has 18 nitrogen and oxygen atoms in total. The number of aliphatic hydroxyl groups is 1. The van der Waals surface area contributed by atoms with Crippen LogP contribution in [-0.2, 0) is 58.7 Å². The molecule has 4 aromatic heterocycles. The van der Waals surface area contributed by atoms with E-state index in [2.05, 4.69) is 78.3 Å². The minimum atomic E-state index is -4.94. The molecule has 0 aliphatic rings. The average Bonchev–Trinajstić information content (AvgIpc) is 3.22. The number of unbranched alkanes of at least 4 members (excludes halogenated alkanes) is 2. The molecule has 0 amide bonds. The van der Waals surface area contributed by atoms with Gasteiger partial charge in [0.25, 0.3) is 0 Å². The molecule has 0 aliphatic carbocycles. The van der Waals surface area contributed by atoms with Crippen molar-refractivity contribution in [2.75, 3.05) is 60.6 Å². The van der Waals surface area contributed by atoms with Crippen molar-refractivity contribution in [3.8, 4) is 6.07 Å². The summed E-state index contributed by atoms with van der Waals surface area (Å²) in [5.41, 5.74) is 4.65. The number of nitrogens with zero attached hydrogens (tertiary/aromatic N) is 7. The molecule has 0 unspecified atom stereocenters. The molecular formula is C38H55Cl2N7Ni2O11+2. The summed E-state index contributed by atoms with van der Waals surface area (Å²) in [6.07, 6.45) is 15.1. The van der Waals surface area contributed by atoms with Gasteiger partial charge in [-0.2, -0.15) is 19.5 Å². The molecule has 4 aromatic rings. The average molecular weight is 974 g/mol. The molecule has 0 saturated heterocycles. The van der Waals surface area contributed by atoms with Gasteiger partial charge in [-0.15, -0.1) is 20.5 Å². The number of halogens is 2. The maximum absolute atomic E-state index is 8.49. The van der Waals surface area contributed by atoms with E-state index in [-0.39, 0.29) is 33.0 Å². The standard InChI is InChI=1S/C33H42N6.C2H3N.CH4O.2CH3O.2ClHO4.2Ni/c1(10-24-38(26-16-30-12-2-6-20-34-30)27-17-31-13-3-7-21-35-31)11-25-39(28-18-32-14-4-8-22-36-32)29-19-33-15-5-9-23-37-33;1-2-3;3*1-2;2*2-1(3,4)5;;/h2-9,12-15,20-23H,1,10-11,16-19,24-29H2;1H3;2H,1H3;2*1H3;2*(H,2,3,4,5);;/q;;;2*-1;;;2*+3/p-2. The van der Waals surface area contributed by atoms with E-state index in [0.717, 1.165) is 109 Å². The number of hydrogen-bond acceptors (Lipinski definition) is 18. The predicted molar refractivity (Wildman–Crippen MR) is 190 cm³/mol. The zero-order valence-electron chi connectivity index (χ0n) is 34.0. The molecule has 0 aliphatic heterocycles. The monoisotopic (exact) mass is 971 g/mol. The fourth-order valence-corrected chi connectivity index (χ4v) is 4.79. The third-order valence-electron chi connectivity index (χ3n) is 7.09. The Labute approximate surface area is 378 Å². The van der Waals surface area contributed by atoms with Crippen LogP contribution < -0.4 is 47.5 Å². The zero-order chi connectivity index (χ0) is 44.5. The van der Waals surface area contributed by atoms with Crippen molar-refractivity contribution in [1.82, 2.24) is 29.7 Å². The number of aromatic nitrogens is 4. The summed E-state index contributed by atoms with van der Waals surface area (Å²) in [6.45, 7) is 7.78. The smallest absolute Gasteiger partial charge is 0.857 e. The van der Waals surface area contributed by atoms with Crippen molar-refractivity contribution in [1.29, 1.82) is 5.26 Å². The van der Waals surface area contributed by atoms with Crippen molar-refractivity contribution in [3.63, 3.8) is 0 Å². The van der Waals surface area contributed by atoms with Crippen LogP contribution >= 0.6 is 0 Å². The van der Waals surface area contributed by atoms with Gasteiger partial charge in [0.1, 0.15) is 0 Å². The van der Waals surface area contributed by atoms with Gasteiger partial charge in [-0.3, -0.25) is 19.9 Å². The van der Waals surface area contributed by atoms with Crippen molar-refractivity contribution in [2.45, 2.75) is 51.9 Å². The first-order chi connectivity index (χ1) is 27.8. The first-order valence-corrected chi connectivity index (χ1v) is 20.1. The van der Waals surface area contributed by atoms with Crippen LogP contribution in [0.3, 0.4) is 0 Å². The Hall–Kier alpha value is -2.86. The van der Waals surface area contributed by atoms with Gasteiger partial charge in [-0.25, -0.2) is 37.3 Å². The van der Waals surface area contributed by atoms with Crippen molar-refractivity contribution >= 4 is 0 Å². The molecule has 0 spiro atoms. The summed E-state index contributed by atoms with van der Waals surface area (Å²) in [7, 11) is -7.39. The first kappa shape index (κ1) is 66.2. The van der Waals surface area contributed by atoms with Crippen LogP contribution in [0, 0.1) is 31.8 Å². The van der Waals surface area contributed by atoms with Crippen LogP contribution in [0.4, 0.5) is 0 Å². The fourth-order valence-electron chi connectivity index (χ4n) is 4.79. The molecule has 4 rings (SSSR count). The molecule has 0 fully saturated rings. The van der Waals surface area contributed by atoms with Gasteiger partial charge < -0.3 is 25.1 Å². The molecule has 4 heterocycles. The first-order valence-electron chi connectivity index (χ1n) is 17.6. The zero-order valence-corrected chi connectivity index (χ0v) is 37.5. The topological polar surface area (TPSA) is 333 Å². The second-order valence-electron chi connectivity index (χ2n) is 11.0. The molecule has 0 bridgehead atoms. The largest absolute Gasteiger partial charge is 3.00 e. The van der Waals surface area contributed by atoms with Crippen LogP contribution in [0.25, 0.3) is 0 Å². The van der Waals surface area contributed by atoms with Crippen LogP contribution in [-0.4, -0.2) is 95.4 Å². The predicted octanol–water partition coefficient (Wildman–Crippen LogP) is -6.11. The SMILES string of the molecule is CC#N.CO.C[O-].C[O-].[Ni+3].[Ni+3].[O-][Cl+3]([O-])([O-])[O-].[O-][Cl+3]([O-])([O-])[O-].c1ccc(CCN(CCCCCN(CCc2ccccn2)CCc2ccccn2)CCc2ccccn2)nc1. The molecule has 60 heavy (non-hydrogen) atoms. The van der Waals surface area contributed by atoms with Gasteiger partial charge in [0.05, 0.1) is 6.07 Å². The number of rotatable bonds is 18. The summed E-state index contributed by atoms with van der Waals surface area (Å²) < 4.78 is 67.9. The van der Waals surface area contributed by atoms with Crippen molar-refractivity contribution in [3.05, 3.63) is 120 Å². The Morgan fingerprint density at radius 2 is 0.667 bits per heavy atom. The minimum Gasteiger partial charge on any atom is -0.857 e. The van der Waals surface area contributed by atoms with E-state index in [1.807, 2.05) is 49.1 Å². The van der Waals surface area contributed by atoms with E-state index in [1.165, 1.54) is 26.2 Å². The third-order valence-corrected chi connectivity index (χ3v) is 7.09. The second-order valence-corrected chi connectivity index (χ2v) is 12.5. The van der Waals surface area contributed by atoms with Crippen LogP contribution in [0.1, 0.15) is 49.0 Å². The van der Waals surface area contributed by atoms with Gasteiger partial charge in [-0.1, -0.05) is 30.7 Å². The van der Waals surface area contributed by atoms with Crippen molar-refractivity contribution in [2.24, 2.45) is 0 Å². The van der Waals surface area contributed by atoms with E-state index in [9.17, 15) is 0 Å². The van der Waals surface area contributed by atoms with E-state index < -0.39 is 20.5 Å². The van der Waals surface area contributed by atoms with Crippen molar-refractivity contribution < 1.29 is 106 Å². The molecule has 1 N–H and O–H groups in total. The Morgan fingerprint density at radius 1 is 0.467 bits per heavy atom. The normalized spacial score (nSPS) is 9.80. The maximum Gasteiger partial charge on any atom is 3.00 e. The molecule has 0 atom stereocenters. The number of pyridine rings is 4. The third kappa shape index (κ3) is 49.5. The molecule has 22 heteroatoms. The molecule has 0 saturated carbocycles. The molecule has 2 radical (unpaired) electrons. The Balaban J connectivity index is -0.000000409.